The van der Waals surface area contributed by atoms with Crippen molar-refractivity contribution in [2.75, 3.05) is 25.0 Å². The lowest BCUT2D eigenvalue weighted by Gasteiger charge is -2.26. The third-order valence-corrected chi connectivity index (χ3v) is 3.84. The van der Waals surface area contributed by atoms with E-state index in [4.69, 9.17) is 5.73 Å². The molecule has 1 atom stereocenters. The van der Waals surface area contributed by atoms with E-state index in [0.29, 0.717) is 18.3 Å². The van der Waals surface area contributed by atoms with Gasteiger partial charge in [-0.15, -0.1) is 0 Å². The molecule has 0 radical (unpaired) electrons. The molecule has 0 unspecified atom stereocenters. The molecule has 122 valence electrons. The van der Waals surface area contributed by atoms with Crippen LogP contribution in [0.4, 0.5) is 10.5 Å². The van der Waals surface area contributed by atoms with Gasteiger partial charge < -0.3 is 16.4 Å². The average Bonchev–Trinajstić information content (AvgIpc) is 3.11. The molecule has 1 aliphatic heterocycles. The van der Waals surface area contributed by atoms with Gasteiger partial charge in [-0.25, -0.2) is 4.79 Å². The Morgan fingerprint density at radius 1 is 1.41 bits per heavy atom. The second-order valence-electron chi connectivity index (χ2n) is 5.53. The Morgan fingerprint density at radius 2 is 2.14 bits per heavy atom. The second kappa shape index (κ2) is 7.79. The van der Waals surface area contributed by atoms with Gasteiger partial charge >= 0.3 is 6.03 Å². The first-order chi connectivity index (χ1) is 10.6. The van der Waals surface area contributed by atoms with Crippen molar-refractivity contribution in [2.45, 2.75) is 38.8 Å². The first kappa shape index (κ1) is 16.3. The molecule has 0 saturated carbocycles. The minimum absolute atomic E-state index is 0.00380. The summed E-state index contributed by atoms with van der Waals surface area (Å²) >= 11 is 0. The lowest BCUT2D eigenvalue weighted by molar-refractivity contribution is -0.118. The van der Waals surface area contributed by atoms with E-state index in [9.17, 15) is 9.59 Å². The normalized spacial score (nSPS) is 16.4. The predicted molar refractivity (Wildman–Crippen MR) is 83.3 cm³/mol. The topological polar surface area (TPSA) is 105 Å². The lowest BCUT2D eigenvalue weighted by atomic mass is 10.2. The number of anilines is 1. The minimum atomic E-state index is -0.476. The van der Waals surface area contributed by atoms with Gasteiger partial charge in [-0.1, -0.05) is 6.92 Å². The zero-order valence-electron chi connectivity index (χ0n) is 12.9. The molecule has 2 heterocycles. The first-order valence-corrected chi connectivity index (χ1v) is 7.68. The highest BCUT2D eigenvalue weighted by molar-refractivity contribution is 5.88. The number of carbonyl (C=O) groups excluding carboxylic acids is 2. The Morgan fingerprint density at radius 3 is 2.77 bits per heavy atom. The summed E-state index contributed by atoms with van der Waals surface area (Å²) in [5.74, 6) is -0.476. The quantitative estimate of drug-likeness (QED) is 0.676. The molecule has 0 bridgehead atoms. The maximum absolute atomic E-state index is 11.9. The van der Waals surface area contributed by atoms with Gasteiger partial charge in [0.1, 0.15) is 6.54 Å². The number of likely N-dealkylation sites (tertiary alicyclic amines) is 1. The van der Waals surface area contributed by atoms with Crippen LogP contribution in [0.25, 0.3) is 0 Å². The Labute approximate surface area is 130 Å². The van der Waals surface area contributed by atoms with Crippen LogP contribution >= 0.6 is 0 Å². The fourth-order valence-electron chi connectivity index (χ4n) is 2.70. The number of urea groups is 1. The van der Waals surface area contributed by atoms with Gasteiger partial charge in [0.15, 0.2) is 0 Å². The van der Waals surface area contributed by atoms with E-state index in [0.717, 1.165) is 19.5 Å². The summed E-state index contributed by atoms with van der Waals surface area (Å²) in [6, 6.07) is 0.113. The highest BCUT2D eigenvalue weighted by Gasteiger charge is 2.20. The zero-order valence-corrected chi connectivity index (χ0v) is 12.9. The molecule has 0 spiro atoms. The minimum Gasteiger partial charge on any atom is -0.368 e. The molecule has 1 aromatic rings. The van der Waals surface area contributed by atoms with Gasteiger partial charge in [0.25, 0.3) is 0 Å². The van der Waals surface area contributed by atoms with Crippen molar-refractivity contribution in [1.82, 2.24) is 20.0 Å². The molecule has 8 nitrogen and oxygen atoms in total. The van der Waals surface area contributed by atoms with Crippen molar-refractivity contribution in [2.24, 2.45) is 5.73 Å². The Balaban J connectivity index is 1.77. The van der Waals surface area contributed by atoms with E-state index in [1.54, 1.807) is 6.20 Å². The van der Waals surface area contributed by atoms with Gasteiger partial charge in [0.2, 0.25) is 5.91 Å². The van der Waals surface area contributed by atoms with Crippen molar-refractivity contribution in [3.8, 4) is 0 Å². The summed E-state index contributed by atoms with van der Waals surface area (Å²) in [7, 11) is 0. The van der Waals surface area contributed by atoms with E-state index < -0.39 is 5.91 Å². The zero-order chi connectivity index (χ0) is 15.9. The Kier molecular flexibility index (Phi) is 5.76. The van der Waals surface area contributed by atoms with Crippen molar-refractivity contribution in [3.63, 3.8) is 0 Å². The van der Waals surface area contributed by atoms with Crippen LogP contribution in [0.1, 0.15) is 26.2 Å². The molecule has 3 amide bonds. The Bertz CT molecular complexity index is 509. The molecule has 0 aliphatic carbocycles. The maximum Gasteiger partial charge on any atom is 0.319 e. The molecule has 1 fully saturated rings. The number of hydrogen-bond acceptors (Lipinski definition) is 4. The van der Waals surface area contributed by atoms with E-state index >= 15 is 0 Å². The van der Waals surface area contributed by atoms with Crippen LogP contribution in [0.5, 0.6) is 0 Å². The largest absolute Gasteiger partial charge is 0.368 e. The Hall–Kier alpha value is -2.09. The van der Waals surface area contributed by atoms with E-state index in [-0.39, 0.29) is 12.6 Å². The van der Waals surface area contributed by atoms with Crippen molar-refractivity contribution in [3.05, 3.63) is 12.4 Å². The van der Waals surface area contributed by atoms with Crippen molar-refractivity contribution < 1.29 is 9.59 Å². The summed E-state index contributed by atoms with van der Waals surface area (Å²) in [6.07, 6.45) is 6.54. The molecule has 2 rings (SSSR count). The summed E-state index contributed by atoms with van der Waals surface area (Å²) in [6.45, 7) is 4.98. The number of aromatic nitrogens is 2. The fourth-order valence-corrected chi connectivity index (χ4v) is 2.70. The van der Waals surface area contributed by atoms with Crippen LogP contribution in [-0.2, 0) is 11.3 Å². The standard InChI is InChI=1S/C14H24N6O2/c1-2-12(19-5-3-4-6-19)8-16-14(22)18-11-7-17-20(9-11)10-13(15)21/h7,9,12H,2-6,8,10H2,1H3,(H2,15,21)(H2,16,18,22)/t12-/m0/s1. The first-order valence-electron chi connectivity index (χ1n) is 7.68. The predicted octanol–water partition coefficient (Wildman–Crippen LogP) is 0.364. The lowest BCUT2D eigenvalue weighted by Crippen LogP contribution is -2.43. The number of hydrogen-bond donors (Lipinski definition) is 3. The summed E-state index contributed by atoms with van der Waals surface area (Å²) in [5, 5.41) is 9.54. The smallest absolute Gasteiger partial charge is 0.319 e. The third-order valence-electron chi connectivity index (χ3n) is 3.84. The molecule has 0 aromatic carbocycles. The number of amides is 3. The monoisotopic (exact) mass is 308 g/mol. The second-order valence-corrected chi connectivity index (χ2v) is 5.53. The fraction of sp³-hybridized carbons (Fsp3) is 0.643. The summed E-state index contributed by atoms with van der Waals surface area (Å²) in [4.78, 5) is 25.1. The molecule has 8 heteroatoms. The highest BCUT2D eigenvalue weighted by atomic mass is 16.2. The van der Waals surface area contributed by atoms with Crippen molar-refractivity contribution in [1.29, 1.82) is 0 Å². The summed E-state index contributed by atoms with van der Waals surface area (Å²) < 4.78 is 1.39. The van der Waals surface area contributed by atoms with E-state index in [2.05, 4.69) is 27.6 Å². The molecule has 1 saturated heterocycles. The number of nitrogens with one attached hydrogen (secondary N) is 2. The average molecular weight is 308 g/mol. The molecular formula is C14H24N6O2. The molecule has 1 aliphatic rings. The van der Waals surface area contributed by atoms with Crippen LogP contribution in [0.2, 0.25) is 0 Å². The third kappa shape index (κ3) is 4.73. The molecule has 1 aromatic heterocycles. The number of nitrogens with two attached hydrogens (primary N) is 1. The van der Waals surface area contributed by atoms with Crippen LogP contribution < -0.4 is 16.4 Å². The number of rotatable bonds is 7. The van der Waals surface area contributed by atoms with Gasteiger partial charge in [0.05, 0.1) is 11.9 Å². The maximum atomic E-state index is 11.9. The van der Waals surface area contributed by atoms with Crippen LogP contribution in [-0.4, -0.2) is 52.3 Å². The highest BCUT2D eigenvalue weighted by Crippen LogP contribution is 2.13. The van der Waals surface area contributed by atoms with Crippen LogP contribution in [0.3, 0.4) is 0 Å². The van der Waals surface area contributed by atoms with E-state index in [1.807, 2.05) is 0 Å². The van der Waals surface area contributed by atoms with Gasteiger partial charge in [-0.05, 0) is 32.4 Å². The van der Waals surface area contributed by atoms with Crippen LogP contribution in [0.15, 0.2) is 12.4 Å². The number of primary amides is 1. The van der Waals surface area contributed by atoms with Crippen LogP contribution in [0, 0.1) is 0 Å². The van der Waals surface area contributed by atoms with Gasteiger partial charge in [-0.2, -0.15) is 5.10 Å². The van der Waals surface area contributed by atoms with Crippen molar-refractivity contribution >= 4 is 17.6 Å². The molecular weight excluding hydrogens is 284 g/mol. The number of nitrogens with zero attached hydrogens (tertiary/aromatic N) is 3. The summed E-state index contributed by atoms with van der Waals surface area (Å²) in [5.41, 5.74) is 5.62. The van der Waals surface area contributed by atoms with E-state index in [1.165, 1.54) is 23.7 Å². The molecule has 22 heavy (non-hydrogen) atoms. The van der Waals surface area contributed by atoms with Gasteiger partial charge in [-0.3, -0.25) is 14.4 Å². The van der Waals surface area contributed by atoms with Gasteiger partial charge in [0, 0.05) is 18.8 Å². The molecule has 4 N–H and O–H groups in total. The number of carbonyl (C=O) groups is 2. The SMILES string of the molecule is CC[C@@H](CNC(=O)Nc1cnn(CC(N)=O)c1)N1CCCC1.